The zero-order valence-corrected chi connectivity index (χ0v) is 11.8. The van der Waals surface area contributed by atoms with E-state index >= 15 is 0 Å². The maximum absolute atomic E-state index is 12.7. The molecular weight excluding hydrogens is 252 g/mol. The summed E-state index contributed by atoms with van der Waals surface area (Å²) in [5.74, 6) is 2.23. The number of hydrogen-bond acceptors (Lipinski definition) is 3. The van der Waals surface area contributed by atoms with Gasteiger partial charge in [-0.1, -0.05) is 5.21 Å². The first kappa shape index (κ1) is 12.4. The minimum atomic E-state index is 0.359. The third kappa shape index (κ3) is 2.34. The number of carbonyl (C=O) groups excluding carboxylic acids is 1. The van der Waals surface area contributed by atoms with Crippen molar-refractivity contribution in [3.05, 3.63) is 12.4 Å². The number of amides is 1. The molecule has 3 fully saturated rings. The van der Waals surface area contributed by atoms with Gasteiger partial charge in [0.05, 0.1) is 12.2 Å². The summed E-state index contributed by atoms with van der Waals surface area (Å²) in [6, 6.07) is 0.418. The fourth-order valence-electron chi connectivity index (χ4n) is 3.67. The number of carbonyl (C=O) groups is 1. The molecule has 1 amide bonds. The van der Waals surface area contributed by atoms with Crippen LogP contribution in [0.2, 0.25) is 0 Å². The number of aromatic nitrogens is 3. The molecule has 5 nitrogen and oxygen atoms in total. The third-order valence-electron chi connectivity index (χ3n) is 5.14. The van der Waals surface area contributed by atoms with E-state index in [1.165, 1.54) is 25.7 Å². The monoisotopic (exact) mass is 274 g/mol. The Morgan fingerprint density at radius 3 is 2.20 bits per heavy atom. The van der Waals surface area contributed by atoms with Gasteiger partial charge in [-0.15, -0.1) is 5.10 Å². The first-order chi connectivity index (χ1) is 9.83. The Bertz CT molecular complexity index is 458. The summed E-state index contributed by atoms with van der Waals surface area (Å²) in [5.41, 5.74) is 0. The van der Waals surface area contributed by atoms with Crippen molar-refractivity contribution in [1.29, 1.82) is 0 Å². The molecule has 20 heavy (non-hydrogen) atoms. The van der Waals surface area contributed by atoms with Crippen molar-refractivity contribution in [1.82, 2.24) is 19.9 Å². The van der Waals surface area contributed by atoms with Gasteiger partial charge in [0.1, 0.15) is 0 Å². The van der Waals surface area contributed by atoms with Gasteiger partial charge in [0.15, 0.2) is 0 Å². The molecule has 4 rings (SSSR count). The molecule has 1 aromatic heterocycles. The Labute approximate surface area is 119 Å². The van der Waals surface area contributed by atoms with E-state index in [2.05, 4.69) is 15.2 Å². The van der Waals surface area contributed by atoms with E-state index in [4.69, 9.17) is 0 Å². The SMILES string of the molecule is O=C(C(C1CC1)C1CC1)N1CCC(n2ccnn2)CC1. The van der Waals surface area contributed by atoms with Gasteiger partial charge in [0.25, 0.3) is 0 Å². The van der Waals surface area contributed by atoms with Gasteiger partial charge in [-0.3, -0.25) is 4.79 Å². The Morgan fingerprint density at radius 1 is 1.05 bits per heavy atom. The molecule has 2 saturated carbocycles. The molecule has 1 aromatic rings. The van der Waals surface area contributed by atoms with E-state index in [9.17, 15) is 4.79 Å². The highest BCUT2D eigenvalue weighted by Crippen LogP contribution is 2.50. The molecule has 0 aromatic carbocycles. The lowest BCUT2D eigenvalue weighted by Crippen LogP contribution is -2.43. The molecule has 2 aliphatic carbocycles. The number of rotatable bonds is 4. The zero-order chi connectivity index (χ0) is 13.5. The molecule has 108 valence electrons. The van der Waals surface area contributed by atoms with E-state index in [-0.39, 0.29) is 0 Å². The Hall–Kier alpha value is -1.39. The lowest BCUT2D eigenvalue weighted by molar-refractivity contribution is -0.138. The summed E-state index contributed by atoms with van der Waals surface area (Å²) < 4.78 is 1.95. The van der Waals surface area contributed by atoms with Crippen LogP contribution in [0.4, 0.5) is 0 Å². The predicted octanol–water partition coefficient (Wildman–Crippen LogP) is 1.88. The van der Waals surface area contributed by atoms with Crippen molar-refractivity contribution in [2.75, 3.05) is 13.1 Å². The maximum Gasteiger partial charge on any atom is 0.226 e. The number of piperidine rings is 1. The van der Waals surface area contributed by atoms with E-state index in [1.54, 1.807) is 6.20 Å². The predicted molar refractivity (Wildman–Crippen MR) is 73.8 cm³/mol. The van der Waals surface area contributed by atoms with Gasteiger partial charge in [-0.2, -0.15) is 0 Å². The summed E-state index contributed by atoms with van der Waals surface area (Å²) in [6.45, 7) is 1.78. The highest BCUT2D eigenvalue weighted by Gasteiger charge is 2.47. The molecule has 1 saturated heterocycles. The van der Waals surface area contributed by atoms with Crippen molar-refractivity contribution in [2.45, 2.75) is 44.6 Å². The van der Waals surface area contributed by atoms with Gasteiger partial charge in [0.2, 0.25) is 5.91 Å². The molecule has 0 bridgehead atoms. The van der Waals surface area contributed by atoms with Gasteiger partial charge in [0, 0.05) is 25.2 Å². The Balaban J connectivity index is 1.37. The second kappa shape index (κ2) is 4.86. The van der Waals surface area contributed by atoms with Gasteiger partial charge in [-0.05, 0) is 50.4 Å². The molecule has 0 N–H and O–H groups in total. The minimum Gasteiger partial charge on any atom is -0.342 e. The molecule has 3 aliphatic rings. The zero-order valence-electron chi connectivity index (χ0n) is 11.8. The van der Waals surface area contributed by atoms with Crippen LogP contribution in [0.5, 0.6) is 0 Å². The molecule has 5 heteroatoms. The highest BCUT2D eigenvalue weighted by molar-refractivity contribution is 5.80. The van der Waals surface area contributed by atoms with Crippen LogP contribution in [0, 0.1) is 17.8 Å². The normalized spacial score (nSPS) is 24.4. The lowest BCUT2D eigenvalue weighted by atomic mass is 9.94. The summed E-state index contributed by atoms with van der Waals surface area (Å²) >= 11 is 0. The fourth-order valence-corrected chi connectivity index (χ4v) is 3.67. The van der Waals surface area contributed by atoms with Crippen LogP contribution in [0.25, 0.3) is 0 Å². The van der Waals surface area contributed by atoms with E-state index < -0.39 is 0 Å². The standard InChI is InChI=1S/C15H22N4O/c20-15(14(11-1-2-11)12-3-4-12)18-8-5-13(6-9-18)19-10-7-16-17-19/h7,10-14H,1-6,8-9H2. The number of likely N-dealkylation sites (tertiary alicyclic amines) is 1. The van der Waals surface area contributed by atoms with Gasteiger partial charge < -0.3 is 4.90 Å². The van der Waals surface area contributed by atoms with Crippen LogP contribution in [0.15, 0.2) is 12.4 Å². The Kier molecular flexibility index (Phi) is 3.00. The third-order valence-corrected chi connectivity index (χ3v) is 5.14. The second-order valence-corrected chi connectivity index (χ2v) is 6.64. The van der Waals surface area contributed by atoms with E-state index in [0.29, 0.717) is 29.7 Å². The molecule has 0 unspecified atom stereocenters. The quantitative estimate of drug-likeness (QED) is 0.842. The Morgan fingerprint density at radius 2 is 1.70 bits per heavy atom. The van der Waals surface area contributed by atoms with Crippen molar-refractivity contribution < 1.29 is 4.79 Å². The van der Waals surface area contributed by atoms with Crippen LogP contribution >= 0.6 is 0 Å². The van der Waals surface area contributed by atoms with Crippen molar-refractivity contribution in [3.8, 4) is 0 Å². The number of hydrogen-bond donors (Lipinski definition) is 0. The molecular formula is C15H22N4O. The van der Waals surface area contributed by atoms with Crippen molar-refractivity contribution in [3.63, 3.8) is 0 Å². The van der Waals surface area contributed by atoms with Crippen molar-refractivity contribution in [2.24, 2.45) is 17.8 Å². The second-order valence-electron chi connectivity index (χ2n) is 6.64. The first-order valence-corrected chi connectivity index (χ1v) is 7.97. The molecule has 2 heterocycles. The van der Waals surface area contributed by atoms with Crippen LogP contribution in [-0.2, 0) is 4.79 Å². The highest BCUT2D eigenvalue weighted by atomic mass is 16.2. The molecule has 0 atom stereocenters. The minimum absolute atomic E-state index is 0.359. The van der Waals surface area contributed by atoms with Crippen LogP contribution in [-0.4, -0.2) is 38.9 Å². The van der Waals surface area contributed by atoms with Crippen LogP contribution < -0.4 is 0 Å². The largest absolute Gasteiger partial charge is 0.342 e. The van der Waals surface area contributed by atoms with E-state index in [1.807, 2.05) is 10.9 Å². The van der Waals surface area contributed by atoms with Crippen molar-refractivity contribution >= 4 is 5.91 Å². The summed E-state index contributed by atoms with van der Waals surface area (Å²) in [4.78, 5) is 14.9. The first-order valence-electron chi connectivity index (χ1n) is 7.97. The molecule has 0 spiro atoms. The average Bonchev–Trinajstić information content (AvgIpc) is 3.42. The molecule has 0 radical (unpaired) electrons. The fraction of sp³-hybridized carbons (Fsp3) is 0.800. The summed E-state index contributed by atoms with van der Waals surface area (Å²) in [6.07, 6.45) is 10.8. The van der Waals surface area contributed by atoms with Crippen LogP contribution in [0.3, 0.4) is 0 Å². The van der Waals surface area contributed by atoms with Gasteiger partial charge in [-0.25, -0.2) is 4.68 Å². The summed E-state index contributed by atoms with van der Waals surface area (Å²) in [5, 5.41) is 7.96. The average molecular weight is 274 g/mol. The van der Waals surface area contributed by atoms with Crippen LogP contribution in [0.1, 0.15) is 44.6 Å². The number of nitrogens with zero attached hydrogens (tertiary/aromatic N) is 4. The molecule has 1 aliphatic heterocycles. The summed E-state index contributed by atoms with van der Waals surface area (Å²) in [7, 11) is 0. The van der Waals surface area contributed by atoms with E-state index in [0.717, 1.165) is 25.9 Å². The maximum atomic E-state index is 12.7. The topological polar surface area (TPSA) is 51.0 Å². The van der Waals surface area contributed by atoms with Gasteiger partial charge >= 0.3 is 0 Å². The smallest absolute Gasteiger partial charge is 0.226 e. The lowest BCUT2D eigenvalue weighted by Gasteiger charge is -2.34.